The normalized spacial score (nSPS) is 12.0. The monoisotopic (exact) mass is 447 g/mol. The first-order valence-electron chi connectivity index (χ1n) is 8.69. The summed E-state index contributed by atoms with van der Waals surface area (Å²) in [4.78, 5) is 11.8. The number of halogens is 2. The highest BCUT2D eigenvalue weighted by molar-refractivity contribution is 7.89. The Hall–Kier alpha value is -1.54. The third kappa shape index (κ3) is 5.29. The number of benzene rings is 1. The van der Waals surface area contributed by atoms with E-state index in [0.29, 0.717) is 23.9 Å². The summed E-state index contributed by atoms with van der Waals surface area (Å²) in [5, 5.41) is 0.437. The molecule has 0 amide bonds. The molecular weight excluding hydrogens is 425 g/mol. The van der Waals surface area contributed by atoms with Crippen LogP contribution in [0.3, 0.4) is 0 Å². The van der Waals surface area contributed by atoms with Crippen LogP contribution >= 0.6 is 23.2 Å². The molecule has 0 unspecified atom stereocenters. The number of hydrogen-bond donors (Lipinski definition) is 0. The molecule has 2 rings (SSSR count). The van der Waals surface area contributed by atoms with E-state index < -0.39 is 16.0 Å². The molecule has 0 saturated carbocycles. The standard InChI is InChI=1S/C19H23Cl2NO5S/c1-12(2)7-8-22(11-14-9-16(13(3)27-14)19(23)26-4)28(24,25)15-5-6-17(20)18(21)10-15/h5-6,9-10,12H,7-8,11H2,1-4H3. The van der Waals surface area contributed by atoms with Crippen molar-refractivity contribution in [3.05, 3.63) is 51.4 Å². The van der Waals surface area contributed by atoms with Crippen molar-refractivity contribution in [3.63, 3.8) is 0 Å². The average Bonchev–Trinajstić information content (AvgIpc) is 3.00. The van der Waals surface area contributed by atoms with Crippen LogP contribution in [0.2, 0.25) is 10.0 Å². The number of ether oxygens (including phenoxy) is 1. The Balaban J connectivity index is 2.38. The molecule has 0 bridgehead atoms. The van der Waals surface area contributed by atoms with Crippen molar-refractivity contribution in [2.45, 2.75) is 38.6 Å². The molecule has 6 nitrogen and oxygen atoms in total. The SMILES string of the molecule is COC(=O)c1cc(CN(CCC(C)C)S(=O)(=O)c2ccc(Cl)c(Cl)c2)oc1C. The van der Waals surface area contributed by atoms with Crippen molar-refractivity contribution in [1.29, 1.82) is 0 Å². The van der Waals surface area contributed by atoms with E-state index in [-0.39, 0.29) is 33.6 Å². The van der Waals surface area contributed by atoms with Crippen LogP contribution in [0.4, 0.5) is 0 Å². The molecule has 1 aromatic heterocycles. The van der Waals surface area contributed by atoms with E-state index in [9.17, 15) is 13.2 Å². The van der Waals surface area contributed by atoms with E-state index in [1.165, 1.54) is 35.7 Å². The second-order valence-corrected chi connectivity index (χ2v) is 9.52. The lowest BCUT2D eigenvalue weighted by atomic mass is 10.1. The van der Waals surface area contributed by atoms with Gasteiger partial charge in [-0.3, -0.25) is 0 Å². The van der Waals surface area contributed by atoms with Crippen LogP contribution in [0.5, 0.6) is 0 Å². The van der Waals surface area contributed by atoms with Crippen LogP contribution in [0.25, 0.3) is 0 Å². The Kier molecular flexibility index (Phi) is 7.56. The fraction of sp³-hybridized carbons (Fsp3) is 0.421. The summed E-state index contributed by atoms with van der Waals surface area (Å²) in [6, 6.07) is 5.70. The third-order valence-corrected chi connectivity index (χ3v) is 6.77. The maximum Gasteiger partial charge on any atom is 0.341 e. The van der Waals surface area contributed by atoms with E-state index in [2.05, 4.69) is 0 Å². The number of carbonyl (C=O) groups excluding carboxylic acids is 1. The van der Waals surface area contributed by atoms with Gasteiger partial charge in [0.05, 0.1) is 28.6 Å². The number of rotatable bonds is 8. The van der Waals surface area contributed by atoms with Gasteiger partial charge in [-0.2, -0.15) is 4.31 Å². The Morgan fingerprint density at radius 1 is 1.21 bits per heavy atom. The molecule has 0 aliphatic heterocycles. The summed E-state index contributed by atoms with van der Waals surface area (Å²) in [5.41, 5.74) is 0.272. The molecule has 0 spiro atoms. The maximum absolute atomic E-state index is 13.2. The highest BCUT2D eigenvalue weighted by atomic mass is 35.5. The van der Waals surface area contributed by atoms with Gasteiger partial charge in [0.25, 0.3) is 0 Å². The number of methoxy groups -OCH3 is 1. The molecule has 0 aliphatic rings. The van der Waals surface area contributed by atoms with Crippen LogP contribution < -0.4 is 0 Å². The summed E-state index contributed by atoms with van der Waals surface area (Å²) in [7, 11) is -2.57. The molecular formula is C19H23Cl2NO5S. The number of nitrogens with zero attached hydrogens (tertiary/aromatic N) is 1. The first-order valence-corrected chi connectivity index (χ1v) is 10.9. The number of sulfonamides is 1. The van der Waals surface area contributed by atoms with Gasteiger partial charge >= 0.3 is 5.97 Å². The number of aryl methyl sites for hydroxylation is 1. The Morgan fingerprint density at radius 2 is 1.89 bits per heavy atom. The molecule has 0 fully saturated rings. The molecule has 2 aromatic rings. The van der Waals surface area contributed by atoms with Gasteiger partial charge in [0.2, 0.25) is 10.0 Å². The van der Waals surface area contributed by atoms with Crippen molar-refractivity contribution < 1.29 is 22.4 Å². The molecule has 0 atom stereocenters. The van der Waals surface area contributed by atoms with Gasteiger partial charge in [0.15, 0.2) is 0 Å². The van der Waals surface area contributed by atoms with Crippen LogP contribution in [0, 0.1) is 12.8 Å². The molecule has 1 aromatic carbocycles. The Morgan fingerprint density at radius 3 is 2.46 bits per heavy atom. The molecule has 0 aliphatic carbocycles. The summed E-state index contributed by atoms with van der Waals surface area (Å²) >= 11 is 11.9. The number of carbonyl (C=O) groups is 1. The van der Waals surface area contributed by atoms with Crippen molar-refractivity contribution >= 4 is 39.2 Å². The van der Waals surface area contributed by atoms with Crippen molar-refractivity contribution in [3.8, 4) is 0 Å². The van der Waals surface area contributed by atoms with Gasteiger partial charge < -0.3 is 9.15 Å². The highest BCUT2D eigenvalue weighted by Crippen LogP contribution is 2.28. The van der Waals surface area contributed by atoms with Gasteiger partial charge in [-0.25, -0.2) is 13.2 Å². The summed E-state index contributed by atoms with van der Waals surface area (Å²) in [6.45, 7) is 5.91. The van der Waals surface area contributed by atoms with Gasteiger partial charge in [0.1, 0.15) is 17.1 Å². The van der Waals surface area contributed by atoms with Crippen LogP contribution in [0.15, 0.2) is 33.6 Å². The molecule has 0 saturated heterocycles. The van der Waals surface area contributed by atoms with E-state index in [1.807, 2.05) is 13.8 Å². The second kappa shape index (κ2) is 9.31. The molecule has 0 N–H and O–H groups in total. The number of furan rings is 1. The molecule has 154 valence electrons. The minimum atomic E-state index is -3.85. The lowest BCUT2D eigenvalue weighted by Gasteiger charge is -2.22. The van der Waals surface area contributed by atoms with Crippen LogP contribution in [0.1, 0.15) is 42.1 Å². The molecule has 1 heterocycles. The number of hydrogen-bond acceptors (Lipinski definition) is 5. The number of esters is 1. The van der Waals surface area contributed by atoms with Gasteiger partial charge in [-0.05, 0) is 43.5 Å². The lowest BCUT2D eigenvalue weighted by molar-refractivity contribution is 0.0599. The van der Waals surface area contributed by atoms with Crippen LogP contribution in [-0.4, -0.2) is 32.3 Å². The minimum Gasteiger partial charge on any atom is -0.465 e. The Labute approximate surface area is 175 Å². The van der Waals surface area contributed by atoms with Crippen molar-refractivity contribution in [1.82, 2.24) is 4.31 Å². The maximum atomic E-state index is 13.2. The van der Waals surface area contributed by atoms with E-state index in [0.717, 1.165) is 0 Å². The van der Waals surface area contributed by atoms with E-state index in [1.54, 1.807) is 6.92 Å². The topological polar surface area (TPSA) is 76.8 Å². The zero-order valence-corrected chi connectivity index (χ0v) is 18.5. The molecule has 0 radical (unpaired) electrons. The molecule has 28 heavy (non-hydrogen) atoms. The summed E-state index contributed by atoms with van der Waals surface area (Å²) < 4.78 is 38.0. The first-order chi connectivity index (χ1) is 13.1. The molecule has 9 heteroatoms. The van der Waals surface area contributed by atoms with Crippen LogP contribution in [-0.2, 0) is 21.3 Å². The fourth-order valence-corrected chi connectivity index (χ4v) is 4.39. The van der Waals surface area contributed by atoms with Gasteiger partial charge in [0, 0.05) is 6.54 Å². The second-order valence-electron chi connectivity index (χ2n) is 6.77. The average molecular weight is 448 g/mol. The Bertz CT molecular complexity index is 953. The van der Waals surface area contributed by atoms with E-state index in [4.69, 9.17) is 32.4 Å². The zero-order chi connectivity index (χ0) is 21.1. The van der Waals surface area contributed by atoms with E-state index >= 15 is 0 Å². The van der Waals surface area contributed by atoms with Gasteiger partial charge in [-0.15, -0.1) is 0 Å². The smallest absolute Gasteiger partial charge is 0.341 e. The van der Waals surface area contributed by atoms with Crippen molar-refractivity contribution in [2.24, 2.45) is 5.92 Å². The predicted octanol–water partition coefficient (Wildman–Crippen LogP) is 4.92. The van der Waals surface area contributed by atoms with Gasteiger partial charge in [-0.1, -0.05) is 37.0 Å². The summed E-state index contributed by atoms with van der Waals surface area (Å²) in [5.74, 6) is 0.493. The minimum absolute atomic E-state index is 0.0207. The third-order valence-electron chi connectivity index (χ3n) is 4.19. The fourth-order valence-electron chi connectivity index (χ4n) is 2.58. The predicted molar refractivity (Wildman–Crippen MR) is 108 cm³/mol. The zero-order valence-electron chi connectivity index (χ0n) is 16.2. The highest BCUT2D eigenvalue weighted by Gasteiger charge is 2.27. The lowest BCUT2D eigenvalue weighted by Crippen LogP contribution is -2.32. The largest absolute Gasteiger partial charge is 0.465 e. The first kappa shape index (κ1) is 22.7. The summed E-state index contributed by atoms with van der Waals surface area (Å²) in [6.07, 6.45) is 0.657. The quantitative estimate of drug-likeness (QED) is 0.536. The van der Waals surface area contributed by atoms with Crippen molar-refractivity contribution in [2.75, 3.05) is 13.7 Å².